The molecule has 2 aliphatic rings. The van der Waals surface area contributed by atoms with Crippen molar-refractivity contribution in [2.75, 3.05) is 18.6 Å². The molecule has 2 aliphatic heterocycles. The highest BCUT2D eigenvalue weighted by molar-refractivity contribution is 6.54. The van der Waals surface area contributed by atoms with Gasteiger partial charge in [-0.25, -0.2) is 0 Å². The molecule has 10 heteroatoms. The van der Waals surface area contributed by atoms with E-state index in [1.54, 1.807) is 19.2 Å². The number of likely N-dealkylation sites (N-methyl/N-ethyl adjacent to an activating group) is 1. The van der Waals surface area contributed by atoms with E-state index in [9.17, 15) is 24.9 Å². The standard InChI is InChI=1S/C18H23N3O7/c1-8-4-5-11-10(6-8)13(17(26)21(11)3)20-28-18-14(19-9(2)23)16(25)15(24)12(7-22)27-18/h4-6,12,14-16,18,22,24-25H,7H2,1-3H3,(H,19,23)/b20-13-/t12-,14+,15+,16-,18+/m1/s1. The molecule has 2 amide bonds. The van der Waals surface area contributed by atoms with Gasteiger partial charge in [-0.05, 0) is 19.1 Å². The quantitative estimate of drug-likeness (QED) is 0.463. The number of aliphatic hydroxyl groups excluding tert-OH is 3. The van der Waals surface area contributed by atoms with Gasteiger partial charge < -0.3 is 35.1 Å². The Labute approximate surface area is 161 Å². The number of amides is 2. The minimum Gasteiger partial charge on any atom is -0.394 e. The number of aryl methyl sites for hydroxylation is 1. The van der Waals surface area contributed by atoms with Crippen molar-refractivity contribution in [3.8, 4) is 0 Å². The Bertz CT molecular complexity index is 812. The van der Waals surface area contributed by atoms with E-state index in [-0.39, 0.29) is 11.6 Å². The van der Waals surface area contributed by atoms with Gasteiger partial charge in [0.2, 0.25) is 12.2 Å². The van der Waals surface area contributed by atoms with Gasteiger partial charge in [-0.15, -0.1) is 0 Å². The molecule has 10 nitrogen and oxygen atoms in total. The number of hydrogen-bond donors (Lipinski definition) is 4. The lowest BCUT2D eigenvalue weighted by atomic mass is 9.97. The number of benzene rings is 1. The monoisotopic (exact) mass is 393 g/mol. The molecule has 1 saturated heterocycles. The van der Waals surface area contributed by atoms with Gasteiger partial charge in [0, 0.05) is 19.5 Å². The summed E-state index contributed by atoms with van der Waals surface area (Å²) >= 11 is 0. The van der Waals surface area contributed by atoms with Crippen molar-refractivity contribution in [3.05, 3.63) is 29.3 Å². The van der Waals surface area contributed by atoms with Crippen LogP contribution < -0.4 is 10.2 Å². The third-order valence-corrected chi connectivity index (χ3v) is 4.77. The fourth-order valence-corrected chi connectivity index (χ4v) is 3.27. The Morgan fingerprint density at radius 2 is 2.07 bits per heavy atom. The molecule has 0 aliphatic carbocycles. The third kappa shape index (κ3) is 3.59. The van der Waals surface area contributed by atoms with Crippen LogP contribution in [0.5, 0.6) is 0 Å². The number of hydrogen-bond acceptors (Lipinski definition) is 8. The zero-order valence-corrected chi connectivity index (χ0v) is 15.7. The molecule has 0 bridgehead atoms. The summed E-state index contributed by atoms with van der Waals surface area (Å²) < 4.78 is 5.44. The molecule has 3 rings (SSSR count). The van der Waals surface area contributed by atoms with Crippen molar-refractivity contribution in [1.82, 2.24) is 5.32 Å². The third-order valence-electron chi connectivity index (χ3n) is 4.77. The molecule has 28 heavy (non-hydrogen) atoms. The van der Waals surface area contributed by atoms with Gasteiger partial charge in [0.05, 0.1) is 12.3 Å². The van der Waals surface area contributed by atoms with Gasteiger partial charge in [-0.1, -0.05) is 16.8 Å². The van der Waals surface area contributed by atoms with Crippen LogP contribution >= 0.6 is 0 Å². The number of ether oxygens (including phenoxy) is 1. The molecular weight excluding hydrogens is 370 g/mol. The van der Waals surface area contributed by atoms with Gasteiger partial charge in [0.25, 0.3) is 5.91 Å². The van der Waals surface area contributed by atoms with E-state index in [4.69, 9.17) is 9.57 Å². The Morgan fingerprint density at radius 3 is 2.71 bits per heavy atom. The van der Waals surface area contributed by atoms with E-state index < -0.39 is 43.2 Å². The first-order valence-corrected chi connectivity index (χ1v) is 8.77. The lowest BCUT2D eigenvalue weighted by Crippen LogP contribution is -2.64. The first-order valence-electron chi connectivity index (χ1n) is 8.77. The molecule has 0 saturated carbocycles. The minimum absolute atomic E-state index is 0.0486. The zero-order valence-electron chi connectivity index (χ0n) is 15.7. The molecule has 2 heterocycles. The molecule has 1 fully saturated rings. The first kappa shape index (κ1) is 20.2. The van der Waals surface area contributed by atoms with Crippen LogP contribution in [0, 0.1) is 6.92 Å². The number of anilines is 1. The number of fused-ring (bicyclic) bond motifs is 1. The van der Waals surface area contributed by atoms with Crippen molar-refractivity contribution in [2.45, 2.75) is 44.5 Å². The van der Waals surface area contributed by atoms with Crippen molar-refractivity contribution < 1.29 is 34.5 Å². The highest BCUT2D eigenvalue weighted by Crippen LogP contribution is 2.30. The second kappa shape index (κ2) is 7.84. The molecule has 0 spiro atoms. The average Bonchev–Trinajstić information content (AvgIpc) is 2.88. The molecule has 1 aromatic carbocycles. The maximum atomic E-state index is 12.5. The van der Waals surface area contributed by atoms with Gasteiger partial charge in [-0.2, -0.15) is 0 Å². The van der Waals surface area contributed by atoms with Gasteiger partial charge in [0.1, 0.15) is 24.4 Å². The second-order valence-corrected chi connectivity index (χ2v) is 6.86. The van der Waals surface area contributed by atoms with Crippen molar-refractivity contribution in [1.29, 1.82) is 0 Å². The van der Waals surface area contributed by atoms with E-state index in [1.807, 2.05) is 13.0 Å². The summed E-state index contributed by atoms with van der Waals surface area (Å²) in [5.74, 6) is -0.868. The van der Waals surface area contributed by atoms with Crippen LogP contribution in [0.15, 0.2) is 23.4 Å². The summed E-state index contributed by atoms with van der Waals surface area (Å²) in [5.41, 5.74) is 2.23. The molecule has 152 valence electrons. The minimum atomic E-state index is -1.46. The highest BCUT2D eigenvalue weighted by Gasteiger charge is 2.46. The van der Waals surface area contributed by atoms with E-state index in [1.165, 1.54) is 11.8 Å². The lowest BCUT2D eigenvalue weighted by molar-refractivity contribution is -0.270. The number of carbonyl (C=O) groups excluding carboxylic acids is 2. The maximum Gasteiger partial charge on any atom is 0.280 e. The fourth-order valence-electron chi connectivity index (χ4n) is 3.27. The topological polar surface area (TPSA) is 141 Å². The largest absolute Gasteiger partial charge is 0.394 e. The summed E-state index contributed by atoms with van der Waals surface area (Å²) in [6.07, 6.45) is -5.35. The van der Waals surface area contributed by atoms with Crippen LogP contribution in [-0.4, -0.2) is 77.1 Å². The SMILES string of the molecule is CC(=O)N[C@@H]1[C@H](O/N=C2\C(=O)N(C)c3ccc(C)cc32)O[C@H](CO)[C@H](O)[C@@H]1O. The first-order chi connectivity index (χ1) is 13.2. The van der Waals surface area contributed by atoms with Crippen LogP contribution in [0.25, 0.3) is 0 Å². The molecule has 4 N–H and O–H groups in total. The lowest BCUT2D eigenvalue weighted by Gasteiger charge is -2.40. The Hall–Kier alpha value is -2.53. The number of nitrogens with one attached hydrogen (secondary N) is 1. The van der Waals surface area contributed by atoms with Crippen molar-refractivity contribution in [2.24, 2.45) is 5.16 Å². The Balaban J connectivity index is 1.89. The molecular formula is C18H23N3O7. The zero-order chi connectivity index (χ0) is 20.6. The summed E-state index contributed by atoms with van der Waals surface area (Å²) in [5, 5.41) is 36.0. The molecule has 0 radical (unpaired) electrons. The maximum absolute atomic E-state index is 12.5. The smallest absolute Gasteiger partial charge is 0.280 e. The highest BCUT2D eigenvalue weighted by atomic mass is 16.8. The van der Waals surface area contributed by atoms with E-state index in [0.29, 0.717) is 11.3 Å². The fraction of sp³-hybridized carbons (Fsp3) is 0.500. The molecule has 0 aromatic heterocycles. The summed E-state index contributed by atoms with van der Waals surface area (Å²) in [6, 6.07) is 4.31. The van der Waals surface area contributed by atoms with Crippen LogP contribution in [-0.2, 0) is 19.2 Å². The molecule has 1 aromatic rings. The predicted octanol–water partition coefficient (Wildman–Crippen LogP) is -1.36. The van der Waals surface area contributed by atoms with Crippen LogP contribution in [0.1, 0.15) is 18.1 Å². The van der Waals surface area contributed by atoms with Crippen LogP contribution in [0.3, 0.4) is 0 Å². The summed E-state index contributed by atoms with van der Waals surface area (Å²) in [4.78, 5) is 30.8. The molecule has 5 atom stereocenters. The average molecular weight is 393 g/mol. The van der Waals surface area contributed by atoms with E-state index in [0.717, 1.165) is 5.56 Å². The number of rotatable bonds is 4. The van der Waals surface area contributed by atoms with Crippen molar-refractivity contribution >= 4 is 23.2 Å². The van der Waals surface area contributed by atoms with E-state index >= 15 is 0 Å². The van der Waals surface area contributed by atoms with Crippen LogP contribution in [0.4, 0.5) is 5.69 Å². The Kier molecular flexibility index (Phi) is 5.66. The number of aliphatic hydroxyl groups is 3. The number of carbonyl (C=O) groups is 2. The van der Waals surface area contributed by atoms with Gasteiger partial charge in [-0.3, -0.25) is 9.59 Å². The summed E-state index contributed by atoms with van der Waals surface area (Å²) in [6.45, 7) is 2.53. The number of oxime groups is 1. The van der Waals surface area contributed by atoms with Crippen LogP contribution in [0.2, 0.25) is 0 Å². The normalized spacial score (nSPS) is 31.1. The second-order valence-electron chi connectivity index (χ2n) is 6.86. The molecule has 0 unspecified atom stereocenters. The van der Waals surface area contributed by atoms with E-state index in [2.05, 4.69) is 10.5 Å². The van der Waals surface area contributed by atoms with Gasteiger partial charge >= 0.3 is 0 Å². The van der Waals surface area contributed by atoms with Gasteiger partial charge in [0.15, 0.2) is 5.71 Å². The summed E-state index contributed by atoms with van der Waals surface area (Å²) in [7, 11) is 1.61. The number of nitrogens with zero attached hydrogens (tertiary/aromatic N) is 2. The Morgan fingerprint density at radius 1 is 1.36 bits per heavy atom. The van der Waals surface area contributed by atoms with Crippen molar-refractivity contribution in [3.63, 3.8) is 0 Å². The predicted molar refractivity (Wildman–Crippen MR) is 97.6 cm³/mol.